The molecule has 3 aromatic carbocycles. The normalized spacial score (nSPS) is 16.3. The fraction of sp³-hybridized carbons (Fsp3) is 0.395. The average molecular weight is 754 g/mol. The van der Waals surface area contributed by atoms with Crippen molar-refractivity contribution in [2.75, 3.05) is 32.1 Å². The summed E-state index contributed by atoms with van der Waals surface area (Å²) in [4.78, 5) is 55.2. The number of hydrogen-bond donors (Lipinski definition) is 3. The second-order valence-electron chi connectivity index (χ2n) is 13.7. The number of thioether (sulfide) groups is 1. The number of fused-ring (bicyclic) bond motifs is 3. The standard InChI is InChI=1S/C43H51N3O7S/c1-3-5-22-39(45-43(51)53-27-38-36-20-11-9-18-34(36)35-19-10-12-21-37(35)38)42(50)52-26-32(29-54-28-30-15-7-6-8-16-30)44-41(49)31(14-4-2)24-40(48)46-23-13-17-33(46)25-47/h3-4,6-12,15-16,18-21,31-33,38-39,47H,1-2,5,13-14,17,22-29H2,(H,44,49)(H,45,51)/t31-,32-,33+,39+/m1/s1. The predicted molar refractivity (Wildman–Crippen MR) is 212 cm³/mol. The molecule has 1 saturated heterocycles. The van der Waals surface area contributed by atoms with Crippen molar-refractivity contribution in [3.63, 3.8) is 0 Å². The lowest BCUT2D eigenvalue weighted by molar-refractivity contribution is -0.147. The average Bonchev–Trinajstić information content (AvgIpc) is 3.80. The van der Waals surface area contributed by atoms with Crippen LogP contribution in [-0.4, -0.2) is 84.1 Å². The Kier molecular flexibility index (Phi) is 15.3. The Labute approximate surface area is 322 Å². The highest BCUT2D eigenvalue weighted by atomic mass is 32.2. The van der Waals surface area contributed by atoms with Crippen LogP contribution in [0, 0.1) is 5.92 Å². The Morgan fingerprint density at radius 1 is 0.907 bits per heavy atom. The van der Waals surface area contributed by atoms with Gasteiger partial charge < -0.3 is 30.1 Å². The Balaban J connectivity index is 1.21. The minimum Gasteiger partial charge on any atom is -0.462 e. The number of aliphatic hydroxyl groups excluding tert-OH is 1. The summed E-state index contributed by atoms with van der Waals surface area (Å²) in [5.74, 6) is -0.880. The highest BCUT2D eigenvalue weighted by Crippen LogP contribution is 2.44. The van der Waals surface area contributed by atoms with Gasteiger partial charge in [0.05, 0.1) is 24.6 Å². The SMILES string of the molecule is C=CCC[C@H](NC(=O)OCC1c2ccccc2-c2ccccc21)C(=O)OC[C@H](CSCc1ccccc1)NC(=O)[C@H](CC=C)CC(=O)N1CCC[C@H]1CO. The number of likely N-dealkylation sites (tertiary alicyclic amines) is 1. The van der Waals surface area contributed by atoms with Crippen LogP contribution in [0.1, 0.15) is 61.1 Å². The summed E-state index contributed by atoms with van der Waals surface area (Å²) in [6.45, 7) is 7.96. The maximum absolute atomic E-state index is 13.7. The molecule has 3 N–H and O–H groups in total. The minimum atomic E-state index is -1.00. The first-order valence-electron chi connectivity index (χ1n) is 18.6. The number of esters is 1. The number of aliphatic hydroxyl groups is 1. The zero-order valence-corrected chi connectivity index (χ0v) is 31.5. The van der Waals surface area contributed by atoms with Crippen LogP contribution in [0.4, 0.5) is 4.79 Å². The van der Waals surface area contributed by atoms with Crippen LogP contribution in [0.15, 0.2) is 104 Å². The third-order valence-corrected chi connectivity index (χ3v) is 11.1. The Morgan fingerprint density at radius 3 is 2.26 bits per heavy atom. The smallest absolute Gasteiger partial charge is 0.407 e. The Morgan fingerprint density at radius 2 is 1.59 bits per heavy atom. The summed E-state index contributed by atoms with van der Waals surface area (Å²) in [5.41, 5.74) is 5.50. The van der Waals surface area contributed by atoms with Crippen LogP contribution in [0.2, 0.25) is 0 Å². The van der Waals surface area contributed by atoms with Crippen molar-refractivity contribution in [1.29, 1.82) is 0 Å². The van der Waals surface area contributed by atoms with Gasteiger partial charge in [-0.15, -0.1) is 13.2 Å². The lowest BCUT2D eigenvalue weighted by atomic mass is 9.98. The van der Waals surface area contributed by atoms with E-state index in [0.29, 0.717) is 24.5 Å². The van der Waals surface area contributed by atoms with Crippen molar-refractivity contribution in [2.45, 2.75) is 68.3 Å². The van der Waals surface area contributed by atoms with Crippen LogP contribution in [0.5, 0.6) is 0 Å². The quantitative estimate of drug-likeness (QED) is 0.0894. The van der Waals surface area contributed by atoms with Gasteiger partial charge in [0.15, 0.2) is 0 Å². The van der Waals surface area contributed by atoms with Crippen molar-refractivity contribution in [1.82, 2.24) is 15.5 Å². The van der Waals surface area contributed by atoms with Crippen LogP contribution in [0.25, 0.3) is 11.1 Å². The fourth-order valence-corrected chi connectivity index (χ4v) is 8.12. The molecule has 2 aliphatic rings. The molecule has 1 heterocycles. The zero-order valence-electron chi connectivity index (χ0n) is 30.7. The van der Waals surface area contributed by atoms with Crippen LogP contribution in [0.3, 0.4) is 0 Å². The molecule has 0 radical (unpaired) electrons. The number of allylic oxidation sites excluding steroid dienone is 2. The Hall–Kier alpha value is -4.87. The largest absolute Gasteiger partial charge is 0.462 e. The van der Waals surface area contributed by atoms with Crippen LogP contribution >= 0.6 is 11.8 Å². The molecule has 1 fully saturated rings. The van der Waals surface area contributed by atoms with Crippen molar-refractivity contribution in [3.8, 4) is 11.1 Å². The minimum absolute atomic E-state index is 0.0221. The Bertz CT molecular complexity index is 1710. The second kappa shape index (κ2) is 20.5. The molecule has 1 aliphatic carbocycles. The van der Waals surface area contributed by atoms with E-state index in [4.69, 9.17) is 9.47 Å². The van der Waals surface area contributed by atoms with E-state index in [-0.39, 0.29) is 62.9 Å². The van der Waals surface area contributed by atoms with Crippen molar-refractivity contribution in [2.24, 2.45) is 5.92 Å². The highest BCUT2D eigenvalue weighted by Gasteiger charge is 2.33. The first kappa shape index (κ1) is 40.3. The van der Waals surface area contributed by atoms with Gasteiger partial charge in [-0.25, -0.2) is 9.59 Å². The number of ether oxygens (including phenoxy) is 2. The molecule has 11 heteroatoms. The second-order valence-corrected chi connectivity index (χ2v) is 14.7. The number of carbonyl (C=O) groups is 4. The molecule has 54 heavy (non-hydrogen) atoms. The molecule has 3 amide bonds. The third-order valence-electron chi connectivity index (χ3n) is 9.93. The number of nitrogens with zero attached hydrogens (tertiary/aromatic N) is 1. The van der Waals surface area contributed by atoms with Crippen molar-refractivity contribution < 1.29 is 33.8 Å². The molecule has 0 aromatic heterocycles. The van der Waals surface area contributed by atoms with Crippen molar-refractivity contribution >= 4 is 35.6 Å². The molecule has 0 unspecified atom stereocenters. The molecule has 286 valence electrons. The molecule has 3 aromatic rings. The van der Waals surface area contributed by atoms with Gasteiger partial charge in [-0.1, -0.05) is 91.0 Å². The van der Waals surface area contributed by atoms with Gasteiger partial charge in [0.25, 0.3) is 0 Å². The van der Waals surface area contributed by atoms with Crippen LogP contribution < -0.4 is 10.6 Å². The summed E-state index contributed by atoms with van der Waals surface area (Å²) >= 11 is 1.58. The number of alkyl carbamates (subject to hydrolysis) is 1. The first-order valence-corrected chi connectivity index (χ1v) is 19.8. The number of carbonyl (C=O) groups excluding carboxylic acids is 4. The van der Waals surface area contributed by atoms with Gasteiger partial charge in [-0.05, 0) is 59.9 Å². The van der Waals surface area contributed by atoms with Gasteiger partial charge in [0, 0.05) is 30.4 Å². The molecule has 4 atom stereocenters. The monoisotopic (exact) mass is 753 g/mol. The highest BCUT2D eigenvalue weighted by molar-refractivity contribution is 7.98. The van der Waals surface area contributed by atoms with E-state index >= 15 is 0 Å². The zero-order chi connectivity index (χ0) is 38.3. The molecular weight excluding hydrogens is 703 g/mol. The number of hydrogen-bond acceptors (Lipinski definition) is 8. The van der Waals surface area contributed by atoms with E-state index in [0.717, 1.165) is 40.7 Å². The van der Waals surface area contributed by atoms with E-state index in [1.807, 2.05) is 66.7 Å². The molecular formula is C43H51N3O7S. The summed E-state index contributed by atoms with van der Waals surface area (Å²) < 4.78 is 11.5. The van der Waals surface area contributed by atoms with E-state index in [2.05, 4.69) is 35.9 Å². The van der Waals surface area contributed by atoms with Gasteiger partial charge in [-0.2, -0.15) is 11.8 Å². The van der Waals surface area contributed by atoms with E-state index < -0.39 is 30.1 Å². The maximum Gasteiger partial charge on any atom is 0.407 e. The topological polar surface area (TPSA) is 134 Å². The number of amides is 3. The first-order chi connectivity index (χ1) is 26.3. The summed E-state index contributed by atoms with van der Waals surface area (Å²) in [6.07, 6.45) is 5.05. The van der Waals surface area contributed by atoms with E-state index in [9.17, 15) is 24.3 Å². The summed E-state index contributed by atoms with van der Waals surface area (Å²) in [5, 5.41) is 15.4. The van der Waals surface area contributed by atoms with Gasteiger partial charge in [0.2, 0.25) is 11.8 Å². The molecule has 0 bridgehead atoms. The molecule has 0 spiro atoms. The maximum atomic E-state index is 13.7. The van der Waals surface area contributed by atoms with E-state index in [1.54, 1.807) is 28.8 Å². The lowest BCUT2D eigenvalue weighted by Gasteiger charge is -2.26. The third kappa shape index (κ3) is 10.9. The summed E-state index contributed by atoms with van der Waals surface area (Å²) in [6, 6.07) is 24.2. The van der Waals surface area contributed by atoms with E-state index in [1.165, 1.54) is 0 Å². The summed E-state index contributed by atoms with van der Waals surface area (Å²) in [7, 11) is 0. The molecule has 10 nitrogen and oxygen atoms in total. The molecule has 1 aliphatic heterocycles. The van der Waals surface area contributed by atoms with Crippen LogP contribution in [-0.2, 0) is 29.6 Å². The predicted octanol–water partition coefficient (Wildman–Crippen LogP) is 6.39. The molecule has 5 rings (SSSR count). The lowest BCUT2D eigenvalue weighted by Crippen LogP contribution is -2.47. The van der Waals surface area contributed by atoms with Crippen molar-refractivity contribution in [3.05, 3.63) is 121 Å². The fourth-order valence-electron chi connectivity index (χ4n) is 7.11. The van der Waals surface area contributed by atoms with Gasteiger partial charge in [0.1, 0.15) is 19.3 Å². The number of rotatable bonds is 20. The van der Waals surface area contributed by atoms with Gasteiger partial charge in [-0.3, -0.25) is 9.59 Å². The number of benzene rings is 3. The van der Waals surface area contributed by atoms with Gasteiger partial charge >= 0.3 is 12.1 Å². The molecule has 0 saturated carbocycles. The number of nitrogens with one attached hydrogen (secondary N) is 2.